The summed E-state index contributed by atoms with van der Waals surface area (Å²) in [4.78, 5) is 16.7. The summed E-state index contributed by atoms with van der Waals surface area (Å²) < 4.78 is 24.9. The minimum atomic E-state index is -3.28. The molecule has 7 heteroatoms. The third-order valence-corrected chi connectivity index (χ3v) is 5.25. The molecule has 126 valence electrons. The van der Waals surface area contributed by atoms with Crippen LogP contribution in [-0.2, 0) is 16.4 Å². The number of carbonyl (C=O) groups is 1. The van der Waals surface area contributed by atoms with Gasteiger partial charge in [0.1, 0.15) is 0 Å². The number of fused-ring (bicyclic) bond motifs is 1. The summed E-state index contributed by atoms with van der Waals surface area (Å²) in [6, 6.07) is 10.5. The molecule has 0 bridgehead atoms. The normalized spacial score (nSPS) is 15.0. The number of benzene rings is 1. The molecule has 1 N–H and O–H groups in total. The highest BCUT2D eigenvalue weighted by Gasteiger charge is 2.26. The largest absolute Gasteiger partial charge is 0.344 e. The Kier molecular flexibility index (Phi) is 4.28. The molecule has 0 spiro atoms. The van der Waals surface area contributed by atoms with E-state index in [0.717, 1.165) is 11.3 Å². The van der Waals surface area contributed by atoms with Gasteiger partial charge < -0.3 is 5.32 Å². The van der Waals surface area contributed by atoms with Crippen LogP contribution in [-0.4, -0.2) is 32.1 Å². The smallest absolute Gasteiger partial charge is 0.251 e. The second-order valence-electron chi connectivity index (χ2n) is 5.88. The van der Waals surface area contributed by atoms with Gasteiger partial charge in [0.25, 0.3) is 5.91 Å². The van der Waals surface area contributed by atoms with E-state index in [9.17, 15) is 13.2 Å². The lowest BCUT2D eigenvalue weighted by molar-refractivity contribution is 0.0939. The lowest BCUT2D eigenvalue weighted by atomic mass is 10.1. The second kappa shape index (κ2) is 6.24. The van der Waals surface area contributed by atoms with Crippen molar-refractivity contribution in [3.63, 3.8) is 0 Å². The molecule has 24 heavy (non-hydrogen) atoms. The van der Waals surface area contributed by atoms with E-state index in [-0.39, 0.29) is 11.9 Å². The van der Waals surface area contributed by atoms with E-state index in [1.54, 1.807) is 24.4 Å². The van der Waals surface area contributed by atoms with Crippen LogP contribution in [0.25, 0.3) is 0 Å². The fourth-order valence-electron chi connectivity index (χ4n) is 2.84. The summed E-state index contributed by atoms with van der Waals surface area (Å²) >= 11 is 0. The van der Waals surface area contributed by atoms with E-state index >= 15 is 0 Å². The van der Waals surface area contributed by atoms with E-state index < -0.39 is 10.0 Å². The lowest BCUT2D eigenvalue weighted by Crippen LogP contribution is -2.28. The summed E-state index contributed by atoms with van der Waals surface area (Å²) in [5.74, 6) is -0.200. The maximum Gasteiger partial charge on any atom is 0.251 e. The Bertz CT molecular complexity index is 866. The zero-order chi connectivity index (χ0) is 17.3. The fraction of sp³-hybridized carbons (Fsp3) is 0.294. The van der Waals surface area contributed by atoms with E-state index in [2.05, 4.69) is 10.3 Å². The molecule has 0 saturated heterocycles. The van der Waals surface area contributed by atoms with E-state index in [4.69, 9.17) is 0 Å². The SMILES string of the molecule is CC(NC(=O)c1ccc2c(c1)CCN2S(C)(=O)=O)c1ccccn1. The summed E-state index contributed by atoms with van der Waals surface area (Å²) in [5, 5.41) is 2.91. The Hall–Kier alpha value is -2.41. The number of nitrogens with one attached hydrogen (secondary N) is 1. The van der Waals surface area contributed by atoms with Gasteiger partial charge in [0.05, 0.1) is 23.7 Å². The molecule has 0 fully saturated rings. The van der Waals surface area contributed by atoms with Crippen LogP contribution in [0.15, 0.2) is 42.6 Å². The highest BCUT2D eigenvalue weighted by Crippen LogP contribution is 2.30. The summed E-state index contributed by atoms with van der Waals surface area (Å²) in [7, 11) is -3.28. The zero-order valence-corrected chi connectivity index (χ0v) is 14.4. The third kappa shape index (κ3) is 3.26. The number of anilines is 1. The lowest BCUT2D eigenvalue weighted by Gasteiger charge is -2.17. The average molecular weight is 345 g/mol. The van der Waals surface area contributed by atoms with Crippen LogP contribution in [0.2, 0.25) is 0 Å². The molecule has 3 rings (SSSR count). The van der Waals surface area contributed by atoms with Crippen molar-refractivity contribution < 1.29 is 13.2 Å². The van der Waals surface area contributed by atoms with E-state index in [1.807, 2.05) is 25.1 Å². The van der Waals surface area contributed by atoms with Gasteiger partial charge in [-0.1, -0.05) is 6.07 Å². The summed E-state index contributed by atoms with van der Waals surface area (Å²) in [5.41, 5.74) is 2.84. The van der Waals surface area contributed by atoms with Gasteiger partial charge >= 0.3 is 0 Å². The number of hydrogen-bond acceptors (Lipinski definition) is 4. The van der Waals surface area contributed by atoms with Crippen molar-refractivity contribution in [2.75, 3.05) is 17.1 Å². The van der Waals surface area contributed by atoms with Crippen LogP contribution in [0, 0.1) is 0 Å². The van der Waals surface area contributed by atoms with Crippen LogP contribution < -0.4 is 9.62 Å². The molecule has 0 saturated carbocycles. The van der Waals surface area contributed by atoms with Crippen molar-refractivity contribution in [2.45, 2.75) is 19.4 Å². The fourth-order valence-corrected chi connectivity index (χ4v) is 3.80. The Morgan fingerprint density at radius 2 is 2.08 bits per heavy atom. The maximum atomic E-state index is 12.4. The molecule has 1 atom stereocenters. The third-order valence-electron chi connectivity index (χ3n) is 4.07. The van der Waals surface area contributed by atoms with Gasteiger partial charge in [0.15, 0.2) is 0 Å². The Balaban J connectivity index is 1.78. The molecule has 2 aromatic rings. The van der Waals surface area contributed by atoms with Gasteiger partial charge in [-0.15, -0.1) is 0 Å². The van der Waals surface area contributed by atoms with Gasteiger partial charge in [-0.2, -0.15) is 0 Å². The van der Waals surface area contributed by atoms with Crippen LogP contribution in [0.4, 0.5) is 5.69 Å². The van der Waals surface area contributed by atoms with Crippen LogP contribution in [0.1, 0.15) is 34.6 Å². The van der Waals surface area contributed by atoms with Crippen molar-refractivity contribution in [2.24, 2.45) is 0 Å². The number of pyridine rings is 1. The molecule has 0 aliphatic carbocycles. The predicted octanol–water partition coefficient (Wildman–Crippen LogP) is 1.89. The predicted molar refractivity (Wildman–Crippen MR) is 92.5 cm³/mol. The van der Waals surface area contributed by atoms with Gasteiger partial charge in [-0.05, 0) is 49.2 Å². The molecular formula is C17H19N3O3S. The first-order valence-corrected chi connectivity index (χ1v) is 9.53. The number of sulfonamides is 1. The highest BCUT2D eigenvalue weighted by atomic mass is 32.2. The molecule has 1 aliphatic rings. The molecule has 1 aliphatic heterocycles. The quantitative estimate of drug-likeness (QED) is 0.918. The van der Waals surface area contributed by atoms with Crippen molar-refractivity contribution >= 4 is 21.6 Å². The first kappa shape index (κ1) is 16.4. The minimum Gasteiger partial charge on any atom is -0.344 e. The van der Waals surface area contributed by atoms with Crippen LogP contribution >= 0.6 is 0 Å². The summed E-state index contributed by atoms with van der Waals surface area (Å²) in [6.07, 6.45) is 3.49. The highest BCUT2D eigenvalue weighted by molar-refractivity contribution is 7.92. The van der Waals surface area contributed by atoms with Crippen molar-refractivity contribution in [3.05, 3.63) is 59.4 Å². The second-order valence-corrected chi connectivity index (χ2v) is 7.79. The first-order chi connectivity index (χ1) is 11.4. The Labute approximate surface area is 141 Å². The Morgan fingerprint density at radius 1 is 1.29 bits per heavy atom. The molecular weight excluding hydrogens is 326 g/mol. The summed E-state index contributed by atoms with van der Waals surface area (Å²) in [6.45, 7) is 2.29. The van der Waals surface area contributed by atoms with Crippen molar-refractivity contribution in [1.82, 2.24) is 10.3 Å². The number of amides is 1. The number of carbonyl (C=O) groups excluding carboxylic acids is 1. The average Bonchev–Trinajstić information content (AvgIpc) is 2.98. The Morgan fingerprint density at radius 3 is 2.75 bits per heavy atom. The van der Waals surface area contributed by atoms with Gasteiger partial charge in [0.2, 0.25) is 10.0 Å². The van der Waals surface area contributed by atoms with Crippen LogP contribution in [0.5, 0.6) is 0 Å². The zero-order valence-electron chi connectivity index (χ0n) is 13.6. The standard InChI is InChI=1S/C17H19N3O3S/c1-12(15-5-3-4-9-18-15)19-17(21)14-6-7-16-13(11-14)8-10-20(16)24(2,22)23/h3-7,9,11-12H,8,10H2,1-2H3,(H,19,21). The molecule has 1 unspecified atom stereocenters. The number of nitrogens with zero attached hydrogens (tertiary/aromatic N) is 2. The number of hydrogen-bond donors (Lipinski definition) is 1. The molecule has 2 heterocycles. The minimum absolute atomic E-state index is 0.200. The molecule has 6 nitrogen and oxygen atoms in total. The topological polar surface area (TPSA) is 79.4 Å². The maximum absolute atomic E-state index is 12.4. The van der Waals surface area contributed by atoms with Gasteiger partial charge in [-0.25, -0.2) is 8.42 Å². The monoisotopic (exact) mass is 345 g/mol. The van der Waals surface area contributed by atoms with Crippen molar-refractivity contribution in [1.29, 1.82) is 0 Å². The van der Waals surface area contributed by atoms with E-state index in [0.29, 0.717) is 24.2 Å². The van der Waals surface area contributed by atoms with Gasteiger partial charge in [-0.3, -0.25) is 14.1 Å². The first-order valence-electron chi connectivity index (χ1n) is 7.68. The molecule has 0 radical (unpaired) electrons. The van der Waals surface area contributed by atoms with Crippen molar-refractivity contribution in [3.8, 4) is 0 Å². The van der Waals surface area contributed by atoms with E-state index in [1.165, 1.54) is 10.6 Å². The van der Waals surface area contributed by atoms with Crippen LogP contribution in [0.3, 0.4) is 0 Å². The molecule has 1 aromatic carbocycles. The van der Waals surface area contributed by atoms with Gasteiger partial charge in [0, 0.05) is 18.3 Å². The molecule has 1 amide bonds. The molecule has 1 aromatic heterocycles. The number of aromatic nitrogens is 1. The number of rotatable bonds is 4.